The second-order valence-electron chi connectivity index (χ2n) is 6.83. The molecule has 1 aromatic heterocycles. The van der Waals surface area contributed by atoms with E-state index in [0.29, 0.717) is 10.2 Å². The van der Waals surface area contributed by atoms with Crippen molar-refractivity contribution in [2.24, 2.45) is 0 Å². The fourth-order valence-electron chi connectivity index (χ4n) is 1.59. The molecular weight excluding hydrogens is 339 g/mol. The van der Waals surface area contributed by atoms with Crippen molar-refractivity contribution in [3.63, 3.8) is 0 Å². The van der Waals surface area contributed by atoms with Gasteiger partial charge in [-0.05, 0) is 63.5 Å². The molecule has 4 nitrogen and oxygen atoms in total. The van der Waals surface area contributed by atoms with Gasteiger partial charge in [-0.2, -0.15) is 0 Å². The Morgan fingerprint density at radius 3 is 2.33 bits per heavy atom. The molecule has 0 saturated carbocycles. The van der Waals surface area contributed by atoms with E-state index in [4.69, 9.17) is 4.74 Å². The van der Waals surface area contributed by atoms with Crippen molar-refractivity contribution in [2.45, 2.75) is 59.2 Å². The topological polar surface area (TPSA) is 42.4 Å². The van der Waals surface area contributed by atoms with Crippen LogP contribution in [0.15, 0.2) is 16.7 Å². The van der Waals surface area contributed by atoms with Crippen LogP contribution in [0, 0.1) is 5.82 Å². The van der Waals surface area contributed by atoms with Gasteiger partial charge in [0.05, 0.1) is 22.9 Å². The van der Waals surface area contributed by atoms with Gasteiger partial charge in [0.25, 0.3) is 0 Å². The first-order valence-electron chi connectivity index (χ1n) is 6.71. The van der Waals surface area contributed by atoms with Crippen molar-refractivity contribution in [2.75, 3.05) is 0 Å². The molecule has 0 aromatic carbocycles. The average Bonchev–Trinajstić information content (AvgIpc) is 2.26. The fourth-order valence-corrected chi connectivity index (χ4v) is 1.96. The number of ether oxygens (including phenoxy) is 1. The molecule has 1 amide bonds. The number of hydrogen-bond donors (Lipinski definition) is 0. The molecule has 1 aromatic rings. The van der Waals surface area contributed by atoms with Crippen LogP contribution in [-0.2, 0) is 11.3 Å². The lowest BCUT2D eigenvalue weighted by Gasteiger charge is -2.36. The molecule has 0 saturated heterocycles. The summed E-state index contributed by atoms with van der Waals surface area (Å²) in [6, 6.07) is 1.57. The fraction of sp³-hybridized carbons (Fsp3) is 0.600. The van der Waals surface area contributed by atoms with E-state index in [1.165, 1.54) is 0 Å². The maximum atomic E-state index is 13.2. The number of carbonyl (C=O) groups is 1. The van der Waals surface area contributed by atoms with E-state index in [1.807, 2.05) is 41.5 Å². The van der Waals surface area contributed by atoms with E-state index in [9.17, 15) is 9.18 Å². The normalized spacial score (nSPS) is 12.2. The smallest absolute Gasteiger partial charge is 0.411 e. The van der Waals surface area contributed by atoms with E-state index in [-0.39, 0.29) is 6.54 Å². The van der Waals surface area contributed by atoms with Crippen LogP contribution in [0.25, 0.3) is 0 Å². The molecule has 0 bridgehead atoms. The average molecular weight is 361 g/mol. The van der Waals surface area contributed by atoms with E-state index in [2.05, 4.69) is 20.9 Å². The lowest BCUT2D eigenvalue weighted by molar-refractivity contribution is 0.00336. The van der Waals surface area contributed by atoms with Gasteiger partial charge in [0.1, 0.15) is 5.60 Å². The number of halogens is 2. The van der Waals surface area contributed by atoms with Gasteiger partial charge in [-0.15, -0.1) is 0 Å². The maximum Gasteiger partial charge on any atom is 0.411 e. The van der Waals surface area contributed by atoms with Crippen molar-refractivity contribution >= 4 is 22.0 Å². The SMILES string of the molecule is CC(C)(C)OC(=O)N(Cc1cc(Br)c(F)cn1)C(C)(C)C. The second kappa shape index (κ2) is 6.30. The van der Waals surface area contributed by atoms with Gasteiger partial charge in [-0.25, -0.2) is 9.18 Å². The zero-order valence-electron chi connectivity index (χ0n) is 13.3. The van der Waals surface area contributed by atoms with Crippen LogP contribution in [0.3, 0.4) is 0 Å². The molecule has 118 valence electrons. The molecule has 21 heavy (non-hydrogen) atoms. The van der Waals surface area contributed by atoms with Gasteiger partial charge in [0, 0.05) is 5.54 Å². The predicted octanol–water partition coefficient (Wildman–Crippen LogP) is 4.52. The molecule has 0 atom stereocenters. The summed E-state index contributed by atoms with van der Waals surface area (Å²) in [5.74, 6) is -0.432. The first-order chi connectivity index (χ1) is 9.40. The van der Waals surface area contributed by atoms with E-state index >= 15 is 0 Å². The van der Waals surface area contributed by atoms with Crippen molar-refractivity contribution in [3.8, 4) is 0 Å². The van der Waals surface area contributed by atoms with Crippen molar-refractivity contribution in [3.05, 3.63) is 28.2 Å². The van der Waals surface area contributed by atoms with E-state index < -0.39 is 23.1 Å². The minimum atomic E-state index is -0.572. The Bertz CT molecular complexity index is 521. The highest BCUT2D eigenvalue weighted by molar-refractivity contribution is 9.10. The number of aromatic nitrogens is 1. The summed E-state index contributed by atoms with van der Waals surface area (Å²) in [6.07, 6.45) is 0.715. The minimum Gasteiger partial charge on any atom is -0.444 e. The predicted molar refractivity (Wildman–Crippen MR) is 83.4 cm³/mol. The van der Waals surface area contributed by atoms with Crippen LogP contribution >= 0.6 is 15.9 Å². The zero-order chi connectivity index (χ0) is 16.4. The maximum absolute atomic E-state index is 13.2. The molecule has 0 unspecified atom stereocenters. The van der Waals surface area contributed by atoms with Gasteiger partial charge < -0.3 is 4.74 Å². The van der Waals surface area contributed by atoms with Crippen LogP contribution in [0.4, 0.5) is 9.18 Å². The monoisotopic (exact) mass is 360 g/mol. The third kappa shape index (κ3) is 5.61. The molecule has 0 fully saturated rings. The lowest BCUT2D eigenvalue weighted by Crippen LogP contribution is -2.47. The molecule has 0 aliphatic carbocycles. The highest BCUT2D eigenvalue weighted by Gasteiger charge is 2.31. The summed E-state index contributed by atoms with van der Waals surface area (Å²) in [6.45, 7) is 11.4. The number of rotatable bonds is 2. The summed E-state index contributed by atoms with van der Waals surface area (Å²) in [5.41, 5.74) is -0.425. The van der Waals surface area contributed by atoms with Crippen LogP contribution in [0.2, 0.25) is 0 Å². The Hall–Kier alpha value is -1.17. The molecule has 1 rings (SSSR count). The number of pyridine rings is 1. The number of nitrogens with zero attached hydrogens (tertiary/aromatic N) is 2. The quantitative estimate of drug-likeness (QED) is 0.778. The van der Waals surface area contributed by atoms with Gasteiger partial charge in [0.15, 0.2) is 5.82 Å². The van der Waals surface area contributed by atoms with Crippen molar-refractivity contribution in [1.29, 1.82) is 0 Å². The first-order valence-corrected chi connectivity index (χ1v) is 7.50. The molecule has 0 aliphatic heterocycles. The molecule has 6 heteroatoms. The molecular formula is C15H22BrFN2O2. The minimum absolute atomic E-state index is 0.247. The third-order valence-corrected chi connectivity index (χ3v) is 3.22. The Morgan fingerprint density at radius 1 is 1.33 bits per heavy atom. The highest BCUT2D eigenvalue weighted by atomic mass is 79.9. The van der Waals surface area contributed by atoms with Crippen LogP contribution in [-0.4, -0.2) is 27.1 Å². The summed E-state index contributed by atoms with van der Waals surface area (Å²) in [4.78, 5) is 17.9. The summed E-state index contributed by atoms with van der Waals surface area (Å²) >= 11 is 3.12. The third-order valence-electron chi connectivity index (χ3n) is 2.61. The van der Waals surface area contributed by atoms with Crippen LogP contribution in [0.5, 0.6) is 0 Å². The van der Waals surface area contributed by atoms with Gasteiger partial charge in [-0.1, -0.05) is 0 Å². The van der Waals surface area contributed by atoms with E-state index in [0.717, 1.165) is 6.20 Å². The van der Waals surface area contributed by atoms with Crippen LogP contribution in [0.1, 0.15) is 47.2 Å². The summed E-state index contributed by atoms with van der Waals surface area (Å²) < 4.78 is 19.0. The Morgan fingerprint density at radius 2 is 1.90 bits per heavy atom. The van der Waals surface area contributed by atoms with Gasteiger partial charge in [-0.3, -0.25) is 9.88 Å². The van der Waals surface area contributed by atoms with E-state index in [1.54, 1.807) is 11.0 Å². The molecule has 0 spiro atoms. The summed E-state index contributed by atoms with van der Waals surface area (Å²) in [5, 5.41) is 0. The van der Waals surface area contributed by atoms with Gasteiger partial charge in [0.2, 0.25) is 0 Å². The Balaban J connectivity index is 2.99. The number of carbonyl (C=O) groups excluding carboxylic acids is 1. The number of hydrogen-bond acceptors (Lipinski definition) is 3. The Labute approximate surface area is 133 Å². The highest BCUT2D eigenvalue weighted by Crippen LogP contribution is 2.22. The largest absolute Gasteiger partial charge is 0.444 e. The van der Waals surface area contributed by atoms with Crippen molar-refractivity contribution < 1.29 is 13.9 Å². The molecule has 0 aliphatic rings. The number of amides is 1. The Kier molecular flexibility index (Phi) is 5.36. The van der Waals surface area contributed by atoms with Gasteiger partial charge >= 0.3 is 6.09 Å². The lowest BCUT2D eigenvalue weighted by atomic mass is 10.1. The summed E-state index contributed by atoms with van der Waals surface area (Å²) in [7, 11) is 0. The molecule has 0 N–H and O–H groups in total. The molecule has 0 radical (unpaired) electrons. The second-order valence-corrected chi connectivity index (χ2v) is 7.68. The first kappa shape index (κ1) is 17.9. The van der Waals surface area contributed by atoms with Crippen LogP contribution < -0.4 is 0 Å². The molecule has 1 heterocycles. The zero-order valence-corrected chi connectivity index (χ0v) is 14.9. The van der Waals surface area contributed by atoms with Crippen molar-refractivity contribution in [1.82, 2.24) is 9.88 Å². The standard InChI is InChI=1S/C15H22BrFN2O2/c1-14(2,3)19(13(20)21-15(4,5)6)9-10-7-11(16)12(17)8-18-10/h7-8H,9H2,1-6H3.